The number of benzene rings is 5. The zero-order chi connectivity index (χ0) is 60.0. The quantitative estimate of drug-likeness (QED) is 0.0161. The van der Waals surface area contributed by atoms with Crippen molar-refractivity contribution in [2.75, 3.05) is 29.2 Å². The lowest BCUT2D eigenvalue weighted by atomic mass is 10.1. The van der Waals surface area contributed by atoms with Crippen molar-refractivity contribution in [2.45, 2.75) is 60.1 Å². The Morgan fingerprint density at radius 1 is 0.732 bits per heavy atom. The van der Waals surface area contributed by atoms with E-state index < -0.39 is 94.1 Å². The topological polar surface area (TPSA) is 459 Å². The lowest BCUT2D eigenvalue weighted by Crippen LogP contribution is -2.11. The summed E-state index contributed by atoms with van der Waals surface area (Å²) in [7, 11) is -23.4. The molecule has 0 saturated carbocycles. The van der Waals surface area contributed by atoms with Crippen molar-refractivity contribution in [1.29, 1.82) is 5.26 Å². The number of anilines is 1. The molecule has 0 aliphatic carbocycles. The van der Waals surface area contributed by atoms with E-state index in [2.05, 4.69) is 46.0 Å². The minimum absolute atomic E-state index is 0.00755. The Morgan fingerprint density at radius 2 is 1.37 bits per heavy atom. The molecule has 430 valence electrons. The lowest BCUT2D eigenvalue weighted by molar-refractivity contribution is -0.114. The average molecular weight is 1260 g/mol. The van der Waals surface area contributed by atoms with Gasteiger partial charge >= 0.3 is 0 Å². The van der Waals surface area contributed by atoms with E-state index in [0.29, 0.717) is 16.0 Å². The van der Waals surface area contributed by atoms with E-state index in [1.165, 1.54) is 37.3 Å². The first-order valence-electron chi connectivity index (χ1n) is 23.1. The number of aromatic nitrogens is 3. The molecule has 0 saturated heterocycles. The smallest absolute Gasteiger partial charge is 0.298 e. The number of ether oxygens (including phenoxy) is 1. The van der Waals surface area contributed by atoms with Gasteiger partial charge in [0.2, 0.25) is 16.9 Å². The second-order valence-corrected chi connectivity index (χ2v) is 27.1. The SMILES string of the molecule is CC(=O)Nc1ccc2c(nc3c(C#N)c(C)c(N=Nc4cc(C)c(N=Nc5cc(C)c(N=Nc6nc7c(S(=O)(=O)O)cc8ccc(S(=O)(=O)O)cc8c7s6)cc5SCCCS(=O)(=O)O)cc4OCCCS(=O)(=O)O)c(O)n32)c1S(=O)(=O)O. The highest BCUT2D eigenvalue weighted by molar-refractivity contribution is 7.99. The van der Waals surface area contributed by atoms with Gasteiger partial charge in [0.25, 0.3) is 50.6 Å². The van der Waals surface area contributed by atoms with Crippen LogP contribution in [0, 0.1) is 32.1 Å². The van der Waals surface area contributed by atoms with Gasteiger partial charge in [0.1, 0.15) is 43.9 Å². The van der Waals surface area contributed by atoms with E-state index in [0.717, 1.165) is 58.7 Å². The van der Waals surface area contributed by atoms with Gasteiger partial charge in [0.05, 0.1) is 56.0 Å². The van der Waals surface area contributed by atoms with Gasteiger partial charge in [-0.3, -0.25) is 32.0 Å². The molecule has 1 amide bonds. The third-order valence-electron chi connectivity index (χ3n) is 11.7. The van der Waals surface area contributed by atoms with Crippen molar-refractivity contribution in [1.82, 2.24) is 14.4 Å². The number of aryl methyl sites for hydroxylation is 2. The van der Waals surface area contributed by atoms with Crippen molar-refractivity contribution >= 4 is 157 Å². The van der Waals surface area contributed by atoms with Crippen LogP contribution >= 0.6 is 23.1 Å². The summed E-state index contributed by atoms with van der Waals surface area (Å²) in [5.74, 6) is -2.64. The van der Waals surface area contributed by atoms with E-state index >= 15 is 0 Å². The molecule has 7 N–H and O–H groups in total. The Morgan fingerprint density at radius 3 is 2.00 bits per heavy atom. The number of thioether (sulfide) groups is 1. The molecule has 5 aromatic carbocycles. The largest absolute Gasteiger partial charge is 0.493 e. The van der Waals surface area contributed by atoms with E-state index in [1.54, 1.807) is 19.9 Å². The number of rotatable bonds is 20. The van der Waals surface area contributed by atoms with Crippen LogP contribution in [-0.2, 0) is 55.4 Å². The van der Waals surface area contributed by atoms with E-state index in [9.17, 15) is 80.0 Å². The number of pyridine rings is 1. The third-order valence-corrected chi connectivity index (χ3v) is 18.1. The van der Waals surface area contributed by atoms with Crippen LogP contribution in [0.4, 0.5) is 39.3 Å². The fourth-order valence-corrected chi connectivity index (χ4v) is 13.2. The van der Waals surface area contributed by atoms with Crippen molar-refractivity contribution in [3.05, 3.63) is 82.9 Å². The van der Waals surface area contributed by atoms with Crippen LogP contribution in [0.1, 0.15) is 42.0 Å². The predicted molar refractivity (Wildman–Crippen MR) is 298 cm³/mol. The van der Waals surface area contributed by atoms with Gasteiger partial charge in [-0.1, -0.05) is 17.4 Å². The maximum Gasteiger partial charge on any atom is 0.298 e. The molecule has 0 spiro atoms. The molecule has 0 fully saturated rings. The number of amides is 1. The van der Waals surface area contributed by atoms with Crippen LogP contribution < -0.4 is 10.1 Å². The summed E-state index contributed by atoms with van der Waals surface area (Å²) in [4.78, 5) is 18.8. The zero-order valence-corrected chi connectivity index (χ0v) is 48.1. The first-order chi connectivity index (χ1) is 38.2. The maximum atomic E-state index is 12.6. The van der Waals surface area contributed by atoms with Gasteiger partial charge in [0, 0.05) is 28.8 Å². The number of nitrogens with zero attached hydrogens (tertiary/aromatic N) is 10. The van der Waals surface area contributed by atoms with Gasteiger partial charge in [-0.15, -0.1) is 37.3 Å². The summed E-state index contributed by atoms with van der Waals surface area (Å²) in [6.45, 7) is 5.38. The monoisotopic (exact) mass is 1260 g/mol. The molecule has 0 radical (unpaired) electrons. The van der Waals surface area contributed by atoms with Crippen LogP contribution in [0.25, 0.3) is 37.7 Å². The molecule has 0 atom stereocenters. The Bertz CT molecular complexity index is 4750. The highest BCUT2D eigenvalue weighted by Crippen LogP contribution is 2.45. The van der Waals surface area contributed by atoms with Crippen molar-refractivity contribution < 1.29 is 79.5 Å². The number of carbonyl (C=O) groups excluding carboxylic acids is 1. The first-order valence-corrected chi connectivity index (χ1v) is 32.4. The fourth-order valence-electron chi connectivity index (χ4n) is 8.07. The number of hydrogen-bond donors (Lipinski definition) is 7. The molecule has 82 heavy (non-hydrogen) atoms. The normalized spacial score (nSPS) is 13.0. The maximum absolute atomic E-state index is 12.6. The Balaban J connectivity index is 1.19. The molecule has 29 nitrogen and oxygen atoms in total. The number of aromatic hydroxyl groups is 1. The van der Waals surface area contributed by atoms with Gasteiger partial charge in [-0.25, -0.2) is 9.97 Å². The molecular formula is C46H41N11O18S7. The number of nitriles is 1. The average Bonchev–Trinajstić information content (AvgIpc) is 4.17. The van der Waals surface area contributed by atoms with Crippen LogP contribution in [0.15, 0.2) is 111 Å². The fraction of sp³-hybridized carbons (Fsp3) is 0.217. The summed E-state index contributed by atoms with van der Waals surface area (Å²) < 4.78 is 176. The number of hydrogen-bond acceptors (Lipinski definition) is 24. The molecule has 36 heteroatoms. The summed E-state index contributed by atoms with van der Waals surface area (Å²) in [6.07, 6.45) is -0.240. The summed E-state index contributed by atoms with van der Waals surface area (Å²) in [6, 6.07) is 14.7. The van der Waals surface area contributed by atoms with Crippen molar-refractivity contribution in [2.24, 2.45) is 30.7 Å². The molecule has 0 aliphatic rings. The molecular weight excluding hydrogens is 1220 g/mol. The molecule has 3 heterocycles. The van der Waals surface area contributed by atoms with Crippen molar-refractivity contribution in [3.8, 4) is 17.7 Å². The van der Waals surface area contributed by atoms with Gasteiger partial charge < -0.3 is 15.2 Å². The zero-order valence-electron chi connectivity index (χ0n) is 42.4. The van der Waals surface area contributed by atoms with Crippen molar-refractivity contribution in [3.63, 3.8) is 0 Å². The number of imidazole rings is 1. The molecule has 8 aromatic rings. The van der Waals surface area contributed by atoms with Crippen LogP contribution in [0.5, 0.6) is 11.6 Å². The Hall–Kier alpha value is -7.54. The van der Waals surface area contributed by atoms with Gasteiger partial charge in [-0.2, -0.15) is 52.5 Å². The van der Waals surface area contributed by atoms with E-state index in [-0.39, 0.29) is 113 Å². The van der Waals surface area contributed by atoms with Crippen LogP contribution in [0.3, 0.4) is 0 Å². The summed E-state index contributed by atoms with van der Waals surface area (Å²) in [5.41, 5.74) is -0.675. The third kappa shape index (κ3) is 13.5. The Kier molecular flexibility index (Phi) is 17.0. The highest BCUT2D eigenvalue weighted by atomic mass is 32.2. The van der Waals surface area contributed by atoms with Crippen LogP contribution in [-0.4, -0.2) is 114 Å². The number of carbonyl (C=O) groups is 1. The number of azo groups is 3. The molecule has 0 bridgehead atoms. The minimum Gasteiger partial charge on any atom is -0.493 e. The number of nitrogens with one attached hydrogen (secondary N) is 1. The van der Waals surface area contributed by atoms with Crippen LogP contribution in [0.2, 0.25) is 0 Å². The first kappa shape index (κ1) is 60.6. The molecule has 8 rings (SSSR count). The van der Waals surface area contributed by atoms with E-state index in [1.807, 2.05) is 6.07 Å². The second-order valence-electron chi connectivity index (χ2n) is 17.7. The lowest BCUT2D eigenvalue weighted by Gasteiger charge is -2.12. The standard InChI is InChI=1S/C46H41N11O18S7/c1-22-15-33(53-55-39-24(3)29(21-47)44-49-40-35(57(44)45(39)59)10-9-30(48-25(4)58)43(40)82(72,73)74)36(75-11-5-13-78(60,61)62)19-31(22)51-54-34-16-23(2)32(20-37(34)76-12-6-14-79(63,64)65)52-56-46-50-41-38(81(69,70)71)17-26-7-8-27(80(66,67)68)18-28(26)42(41)77-46/h7-10,15-20,59H,5-6,11-14H2,1-4H3,(H,48,58)(H,60,61,62)(H,63,64,65)(H,66,67,68)(H,69,70,71)(H,72,73,74). The predicted octanol–water partition coefficient (Wildman–Crippen LogP) is 9.72. The van der Waals surface area contributed by atoms with Gasteiger partial charge in [0.15, 0.2) is 11.3 Å². The minimum atomic E-state index is -5.09. The number of thiazole rings is 1. The Labute approximate surface area is 473 Å². The number of fused-ring (bicyclic) bond motifs is 6. The molecule has 3 aromatic heterocycles. The summed E-state index contributed by atoms with van der Waals surface area (Å²) in [5, 5.41) is 50.5. The van der Waals surface area contributed by atoms with Gasteiger partial charge in [-0.05, 0) is 104 Å². The highest BCUT2D eigenvalue weighted by Gasteiger charge is 2.28. The molecule has 0 unspecified atom stereocenters. The summed E-state index contributed by atoms with van der Waals surface area (Å²) >= 11 is 1.88. The van der Waals surface area contributed by atoms with E-state index in [4.69, 9.17) is 4.74 Å². The molecule has 0 aliphatic heterocycles. The second kappa shape index (κ2) is 23.0.